The van der Waals surface area contributed by atoms with Crippen molar-refractivity contribution in [2.24, 2.45) is 0 Å². The molecule has 0 aliphatic heterocycles. The van der Waals surface area contributed by atoms with Crippen LogP contribution in [0.1, 0.15) is 11.1 Å². The van der Waals surface area contributed by atoms with E-state index in [4.69, 9.17) is 5.73 Å². The number of methoxy groups -OCH3 is 1. The Balaban J connectivity index is 3.35. The predicted octanol–water partition coefficient (Wildman–Crippen LogP) is 2.14. The van der Waals surface area contributed by atoms with Gasteiger partial charge in [0.2, 0.25) is 0 Å². The van der Waals surface area contributed by atoms with Gasteiger partial charge in [-0.15, -0.1) is 0 Å². The Morgan fingerprint density at radius 3 is 2.47 bits per heavy atom. The highest BCUT2D eigenvalue weighted by Gasteiger charge is 2.37. The minimum atomic E-state index is -4.82. The number of nitrogens with two attached hydrogens (primary N) is 1. The zero-order chi connectivity index (χ0) is 13.2. The van der Waals surface area contributed by atoms with Crippen molar-refractivity contribution >= 4 is 11.7 Å². The molecule has 0 unspecified atom stereocenters. The SMILES string of the molecule is COC(=O)Cc1c(F)ccc(N)c1C(F)(F)F. The fourth-order valence-corrected chi connectivity index (χ4v) is 1.36. The van der Waals surface area contributed by atoms with Crippen LogP contribution >= 0.6 is 0 Å². The van der Waals surface area contributed by atoms with Gasteiger partial charge in [-0.2, -0.15) is 13.2 Å². The lowest BCUT2D eigenvalue weighted by Crippen LogP contribution is -2.17. The lowest BCUT2D eigenvalue weighted by molar-refractivity contribution is -0.141. The number of esters is 1. The Bertz CT molecular complexity index is 443. The van der Waals surface area contributed by atoms with Crippen LogP contribution in [0.2, 0.25) is 0 Å². The van der Waals surface area contributed by atoms with Crippen LogP contribution in [-0.2, 0) is 22.1 Å². The Hall–Kier alpha value is -1.79. The van der Waals surface area contributed by atoms with E-state index in [1.807, 2.05) is 0 Å². The van der Waals surface area contributed by atoms with E-state index in [0.29, 0.717) is 0 Å². The van der Waals surface area contributed by atoms with E-state index in [9.17, 15) is 22.4 Å². The number of rotatable bonds is 2. The molecule has 3 nitrogen and oxygen atoms in total. The largest absolute Gasteiger partial charge is 0.469 e. The van der Waals surface area contributed by atoms with Crippen molar-refractivity contribution in [2.75, 3.05) is 12.8 Å². The number of halogens is 4. The van der Waals surface area contributed by atoms with E-state index in [2.05, 4.69) is 4.74 Å². The molecule has 1 rings (SSSR count). The summed E-state index contributed by atoms with van der Waals surface area (Å²) >= 11 is 0. The van der Waals surface area contributed by atoms with E-state index in [-0.39, 0.29) is 0 Å². The molecule has 1 aromatic carbocycles. The highest BCUT2D eigenvalue weighted by molar-refractivity contribution is 5.74. The molecule has 0 saturated carbocycles. The van der Waals surface area contributed by atoms with Crippen LogP contribution in [0.25, 0.3) is 0 Å². The number of hydrogen-bond donors (Lipinski definition) is 1. The standard InChI is InChI=1S/C10H9F4NO2/c1-17-8(16)4-5-6(11)2-3-7(15)9(5)10(12,13)14/h2-3H,4,15H2,1H3. The number of carbonyl (C=O) groups excluding carboxylic acids is 1. The molecule has 0 bridgehead atoms. The van der Waals surface area contributed by atoms with Crippen molar-refractivity contribution in [1.29, 1.82) is 0 Å². The van der Waals surface area contributed by atoms with Crippen molar-refractivity contribution in [2.45, 2.75) is 12.6 Å². The van der Waals surface area contributed by atoms with Crippen LogP contribution in [-0.4, -0.2) is 13.1 Å². The van der Waals surface area contributed by atoms with Crippen LogP contribution in [0, 0.1) is 5.82 Å². The van der Waals surface area contributed by atoms with E-state index < -0.39 is 41.2 Å². The minimum Gasteiger partial charge on any atom is -0.469 e. The van der Waals surface area contributed by atoms with Crippen LogP contribution < -0.4 is 5.73 Å². The first-order chi connectivity index (χ1) is 7.77. The molecular formula is C10H9F4NO2. The second-order valence-electron chi connectivity index (χ2n) is 3.24. The Kier molecular flexibility index (Phi) is 3.59. The Morgan fingerprint density at radius 1 is 1.41 bits per heavy atom. The van der Waals surface area contributed by atoms with Gasteiger partial charge in [0.25, 0.3) is 0 Å². The summed E-state index contributed by atoms with van der Waals surface area (Å²) in [4.78, 5) is 10.9. The maximum atomic E-state index is 13.3. The van der Waals surface area contributed by atoms with E-state index in [0.717, 1.165) is 19.2 Å². The summed E-state index contributed by atoms with van der Waals surface area (Å²) in [7, 11) is 1.000. The summed E-state index contributed by atoms with van der Waals surface area (Å²) in [6.45, 7) is 0. The summed E-state index contributed by atoms with van der Waals surface area (Å²) in [5.41, 5.74) is 2.40. The van der Waals surface area contributed by atoms with Crippen LogP contribution in [0.4, 0.5) is 23.2 Å². The lowest BCUT2D eigenvalue weighted by atomic mass is 10.0. The summed E-state index contributed by atoms with van der Waals surface area (Å²) in [6, 6.07) is 1.59. The van der Waals surface area contributed by atoms with Crippen molar-refractivity contribution in [1.82, 2.24) is 0 Å². The van der Waals surface area contributed by atoms with Gasteiger partial charge in [0, 0.05) is 11.3 Å². The summed E-state index contributed by atoms with van der Waals surface area (Å²) < 4.78 is 55.4. The molecule has 7 heteroatoms. The molecule has 17 heavy (non-hydrogen) atoms. The zero-order valence-electron chi connectivity index (χ0n) is 8.77. The summed E-state index contributed by atoms with van der Waals surface area (Å²) in [5.74, 6) is -2.11. The van der Waals surface area contributed by atoms with Gasteiger partial charge < -0.3 is 10.5 Å². The number of alkyl halides is 3. The van der Waals surface area contributed by atoms with Gasteiger partial charge in [0.1, 0.15) is 5.82 Å². The number of hydrogen-bond acceptors (Lipinski definition) is 3. The molecule has 94 valence electrons. The van der Waals surface area contributed by atoms with E-state index >= 15 is 0 Å². The average Bonchev–Trinajstić information content (AvgIpc) is 2.21. The molecule has 0 heterocycles. The monoisotopic (exact) mass is 251 g/mol. The highest BCUT2D eigenvalue weighted by atomic mass is 19.4. The van der Waals surface area contributed by atoms with E-state index in [1.165, 1.54) is 0 Å². The quantitative estimate of drug-likeness (QED) is 0.497. The minimum absolute atomic E-state index is 0.627. The Morgan fingerprint density at radius 2 is 2.00 bits per heavy atom. The molecule has 0 atom stereocenters. The maximum Gasteiger partial charge on any atom is 0.418 e. The third-order valence-electron chi connectivity index (χ3n) is 2.12. The molecular weight excluding hydrogens is 242 g/mol. The number of benzene rings is 1. The van der Waals surface area contributed by atoms with Crippen molar-refractivity contribution in [3.8, 4) is 0 Å². The fourth-order valence-electron chi connectivity index (χ4n) is 1.36. The van der Waals surface area contributed by atoms with Gasteiger partial charge in [-0.3, -0.25) is 4.79 Å². The molecule has 0 spiro atoms. The second-order valence-corrected chi connectivity index (χ2v) is 3.24. The summed E-state index contributed by atoms with van der Waals surface area (Å²) in [6.07, 6.45) is -5.64. The molecule has 0 saturated heterocycles. The molecule has 0 amide bonds. The second kappa shape index (κ2) is 4.60. The molecule has 2 N–H and O–H groups in total. The third-order valence-corrected chi connectivity index (χ3v) is 2.12. The number of anilines is 1. The average molecular weight is 251 g/mol. The van der Waals surface area contributed by atoms with E-state index in [1.54, 1.807) is 0 Å². The maximum absolute atomic E-state index is 13.3. The smallest absolute Gasteiger partial charge is 0.418 e. The van der Waals surface area contributed by atoms with Gasteiger partial charge >= 0.3 is 12.1 Å². The topological polar surface area (TPSA) is 52.3 Å². The van der Waals surface area contributed by atoms with Crippen LogP contribution in [0.5, 0.6) is 0 Å². The van der Waals surface area contributed by atoms with Crippen molar-refractivity contribution in [3.05, 3.63) is 29.1 Å². The molecule has 1 aromatic rings. The third kappa shape index (κ3) is 2.86. The molecule has 0 aliphatic carbocycles. The lowest BCUT2D eigenvalue weighted by Gasteiger charge is -2.15. The highest BCUT2D eigenvalue weighted by Crippen LogP contribution is 2.37. The number of nitrogen functional groups attached to an aromatic ring is 1. The van der Waals surface area contributed by atoms with Gasteiger partial charge in [0.15, 0.2) is 0 Å². The zero-order valence-corrected chi connectivity index (χ0v) is 8.77. The Labute approximate surface area is 94.2 Å². The number of carbonyl (C=O) groups is 1. The molecule has 0 aromatic heterocycles. The van der Waals surface area contributed by atoms with Crippen molar-refractivity contribution in [3.63, 3.8) is 0 Å². The molecule has 0 fully saturated rings. The number of ether oxygens (including phenoxy) is 1. The van der Waals surface area contributed by atoms with Gasteiger partial charge in [-0.1, -0.05) is 0 Å². The van der Waals surface area contributed by atoms with Gasteiger partial charge in [-0.05, 0) is 12.1 Å². The first-order valence-electron chi connectivity index (χ1n) is 4.48. The van der Waals surface area contributed by atoms with Crippen LogP contribution in [0.15, 0.2) is 12.1 Å². The fraction of sp³-hybridized carbons (Fsp3) is 0.300. The normalized spacial score (nSPS) is 11.4. The van der Waals surface area contributed by atoms with Gasteiger partial charge in [0.05, 0.1) is 19.1 Å². The van der Waals surface area contributed by atoms with Crippen LogP contribution in [0.3, 0.4) is 0 Å². The molecule has 0 aliphatic rings. The first kappa shape index (κ1) is 13.3. The molecule has 0 radical (unpaired) electrons. The predicted molar refractivity (Wildman–Crippen MR) is 51.5 cm³/mol. The first-order valence-corrected chi connectivity index (χ1v) is 4.48. The van der Waals surface area contributed by atoms with Gasteiger partial charge in [-0.25, -0.2) is 4.39 Å². The van der Waals surface area contributed by atoms with Crippen molar-refractivity contribution < 1.29 is 27.1 Å². The summed E-state index contributed by atoms with van der Waals surface area (Å²) in [5, 5.41) is 0.